The average Bonchev–Trinajstić information content (AvgIpc) is 2.35. The summed E-state index contributed by atoms with van der Waals surface area (Å²) in [5.41, 5.74) is 2.30. The molecule has 0 amide bonds. The van der Waals surface area contributed by atoms with Crippen LogP contribution in [-0.2, 0) is 0 Å². The van der Waals surface area contributed by atoms with E-state index in [9.17, 15) is 4.39 Å². The van der Waals surface area contributed by atoms with Crippen molar-refractivity contribution in [2.75, 3.05) is 6.54 Å². The Hall–Kier alpha value is -0.890. The zero-order valence-corrected chi connectivity index (χ0v) is 12.8. The van der Waals surface area contributed by atoms with Crippen molar-refractivity contribution in [3.63, 3.8) is 0 Å². The van der Waals surface area contributed by atoms with Gasteiger partial charge in [0, 0.05) is 6.04 Å². The van der Waals surface area contributed by atoms with Gasteiger partial charge in [0.25, 0.3) is 0 Å². The molecule has 1 nitrogen and oxygen atoms in total. The number of halogens is 1. The maximum atomic E-state index is 13.2. The van der Waals surface area contributed by atoms with Crippen molar-refractivity contribution in [3.8, 4) is 0 Å². The second kappa shape index (κ2) is 8.31. The average molecular weight is 265 g/mol. The van der Waals surface area contributed by atoms with Crippen LogP contribution < -0.4 is 5.32 Å². The molecule has 0 radical (unpaired) electrons. The Bertz CT molecular complexity index is 376. The highest BCUT2D eigenvalue weighted by molar-refractivity contribution is 5.29. The molecule has 0 aromatic heterocycles. The van der Waals surface area contributed by atoms with Crippen LogP contribution in [0, 0.1) is 18.7 Å². The molecule has 0 aliphatic carbocycles. The molecule has 1 aromatic carbocycles. The Morgan fingerprint density at radius 3 is 2.53 bits per heavy atom. The minimum absolute atomic E-state index is 0.142. The maximum Gasteiger partial charge on any atom is 0.123 e. The highest BCUT2D eigenvalue weighted by atomic mass is 19.1. The van der Waals surface area contributed by atoms with Crippen molar-refractivity contribution in [2.45, 2.75) is 59.4 Å². The van der Waals surface area contributed by atoms with Gasteiger partial charge in [-0.2, -0.15) is 0 Å². The van der Waals surface area contributed by atoms with Gasteiger partial charge >= 0.3 is 0 Å². The van der Waals surface area contributed by atoms with Crippen molar-refractivity contribution in [1.82, 2.24) is 5.32 Å². The third kappa shape index (κ3) is 5.32. The largest absolute Gasteiger partial charge is 0.310 e. The van der Waals surface area contributed by atoms with Gasteiger partial charge in [-0.3, -0.25) is 0 Å². The van der Waals surface area contributed by atoms with Gasteiger partial charge in [-0.15, -0.1) is 0 Å². The van der Waals surface area contributed by atoms with Crippen molar-refractivity contribution in [3.05, 3.63) is 35.1 Å². The van der Waals surface area contributed by atoms with E-state index in [0.717, 1.165) is 24.9 Å². The standard InChI is InChI=1S/C17H28FN/c1-5-7-13(3)11-17(19-10-6-2)16-9-8-15(18)12-14(16)4/h8-9,12-13,17,19H,5-7,10-11H2,1-4H3. The SMILES string of the molecule is CCCNC(CC(C)CCC)c1ccc(F)cc1C. The van der Waals surface area contributed by atoms with E-state index < -0.39 is 0 Å². The van der Waals surface area contributed by atoms with E-state index >= 15 is 0 Å². The topological polar surface area (TPSA) is 12.0 Å². The second-order valence-corrected chi connectivity index (χ2v) is 5.64. The summed E-state index contributed by atoms with van der Waals surface area (Å²) in [6.07, 6.45) is 4.73. The number of benzene rings is 1. The van der Waals surface area contributed by atoms with Crippen molar-refractivity contribution < 1.29 is 4.39 Å². The number of rotatable bonds is 8. The van der Waals surface area contributed by atoms with Gasteiger partial charge in [0.1, 0.15) is 5.82 Å². The Labute approximate surface area is 117 Å². The first-order chi connectivity index (χ1) is 9.08. The summed E-state index contributed by atoms with van der Waals surface area (Å²) < 4.78 is 13.2. The molecule has 2 heteroatoms. The Morgan fingerprint density at radius 1 is 1.21 bits per heavy atom. The molecule has 0 fully saturated rings. The third-order valence-corrected chi connectivity index (χ3v) is 3.67. The molecule has 19 heavy (non-hydrogen) atoms. The predicted molar refractivity (Wildman–Crippen MR) is 80.9 cm³/mol. The van der Waals surface area contributed by atoms with Crippen molar-refractivity contribution in [1.29, 1.82) is 0 Å². The van der Waals surface area contributed by atoms with E-state index in [-0.39, 0.29) is 5.82 Å². The van der Waals surface area contributed by atoms with E-state index in [1.54, 1.807) is 12.1 Å². The summed E-state index contributed by atoms with van der Waals surface area (Å²) in [4.78, 5) is 0. The monoisotopic (exact) mass is 265 g/mol. The Balaban J connectivity index is 2.82. The molecule has 0 saturated carbocycles. The number of aryl methyl sites for hydroxylation is 1. The summed E-state index contributed by atoms with van der Waals surface area (Å²) in [6.45, 7) is 9.73. The van der Waals surface area contributed by atoms with E-state index in [2.05, 4.69) is 26.1 Å². The van der Waals surface area contributed by atoms with Gasteiger partial charge < -0.3 is 5.32 Å². The second-order valence-electron chi connectivity index (χ2n) is 5.64. The first kappa shape index (κ1) is 16.2. The van der Waals surface area contributed by atoms with E-state index in [1.807, 2.05) is 13.0 Å². The van der Waals surface area contributed by atoms with Crippen molar-refractivity contribution in [2.24, 2.45) is 5.92 Å². The number of hydrogen-bond acceptors (Lipinski definition) is 1. The molecule has 2 atom stereocenters. The summed E-state index contributed by atoms with van der Waals surface area (Å²) in [6, 6.07) is 5.51. The van der Waals surface area contributed by atoms with Crippen LogP contribution >= 0.6 is 0 Å². The lowest BCUT2D eigenvalue weighted by Gasteiger charge is -2.24. The van der Waals surface area contributed by atoms with Gasteiger partial charge in [-0.1, -0.05) is 39.7 Å². The third-order valence-electron chi connectivity index (χ3n) is 3.67. The lowest BCUT2D eigenvalue weighted by Crippen LogP contribution is -2.24. The first-order valence-electron chi connectivity index (χ1n) is 7.57. The molecule has 1 N–H and O–H groups in total. The first-order valence-corrected chi connectivity index (χ1v) is 7.57. The van der Waals surface area contributed by atoms with Crippen LogP contribution in [0.5, 0.6) is 0 Å². The smallest absolute Gasteiger partial charge is 0.123 e. The number of nitrogens with one attached hydrogen (secondary N) is 1. The van der Waals surface area contributed by atoms with E-state index in [1.165, 1.54) is 18.4 Å². The molecule has 0 saturated heterocycles. The molecule has 1 rings (SSSR count). The Kier molecular flexibility index (Phi) is 7.07. The summed E-state index contributed by atoms with van der Waals surface area (Å²) in [7, 11) is 0. The van der Waals surface area contributed by atoms with Crippen LogP contribution in [0.4, 0.5) is 4.39 Å². The fraction of sp³-hybridized carbons (Fsp3) is 0.647. The summed E-state index contributed by atoms with van der Waals surface area (Å²) >= 11 is 0. The molecular formula is C17H28FN. The molecule has 0 heterocycles. The normalized spacial score (nSPS) is 14.4. The lowest BCUT2D eigenvalue weighted by molar-refractivity contribution is 0.389. The number of hydrogen-bond donors (Lipinski definition) is 1. The van der Waals surface area contributed by atoms with Crippen LogP contribution in [0.1, 0.15) is 63.6 Å². The molecule has 0 aliphatic rings. The fourth-order valence-electron chi connectivity index (χ4n) is 2.68. The van der Waals surface area contributed by atoms with Crippen LogP contribution in [0.25, 0.3) is 0 Å². The minimum Gasteiger partial charge on any atom is -0.310 e. The quantitative estimate of drug-likeness (QED) is 0.697. The van der Waals surface area contributed by atoms with E-state index in [4.69, 9.17) is 0 Å². The van der Waals surface area contributed by atoms with Gasteiger partial charge in [0.2, 0.25) is 0 Å². The minimum atomic E-state index is -0.142. The highest BCUT2D eigenvalue weighted by Crippen LogP contribution is 2.26. The zero-order valence-electron chi connectivity index (χ0n) is 12.8. The fourth-order valence-corrected chi connectivity index (χ4v) is 2.68. The predicted octanol–water partition coefficient (Wildman–Crippen LogP) is 5.00. The van der Waals surface area contributed by atoms with Crippen LogP contribution in [0.3, 0.4) is 0 Å². The molecule has 0 aliphatic heterocycles. The molecule has 0 bridgehead atoms. The molecule has 1 aromatic rings. The molecule has 2 unspecified atom stereocenters. The summed E-state index contributed by atoms with van der Waals surface area (Å²) in [5.74, 6) is 0.556. The van der Waals surface area contributed by atoms with Gasteiger partial charge in [0.15, 0.2) is 0 Å². The molecule has 0 spiro atoms. The zero-order chi connectivity index (χ0) is 14.3. The maximum absolute atomic E-state index is 13.2. The molecule has 108 valence electrons. The van der Waals surface area contributed by atoms with Crippen LogP contribution in [-0.4, -0.2) is 6.54 Å². The highest BCUT2D eigenvalue weighted by Gasteiger charge is 2.16. The Morgan fingerprint density at radius 2 is 1.95 bits per heavy atom. The van der Waals surface area contributed by atoms with Gasteiger partial charge in [0.05, 0.1) is 0 Å². The van der Waals surface area contributed by atoms with Gasteiger partial charge in [-0.25, -0.2) is 4.39 Å². The van der Waals surface area contributed by atoms with Crippen molar-refractivity contribution >= 4 is 0 Å². The van der Waals surface area contributed by atoms with Crippen LogP contribution in [0.15, 0.2) is 18.2 Å². The van der Waals surface area contributed by atoms with Crippen LogP contribution in [0.2, 0.25) is 0 Å². The van der Waals surface area contributed by atoms with Gasteiger partial charge in [-0.05, 0) is 55.5 Å². The van der Waals surface area contributed by atoms with E-state index in [0.29, 0.717) is 12.0 Å². The lowest BCUT2D eigenvalue weighted by atomic mass is 9.90. The molecular weight excluding hydrogens is 237 g/mol. The summed E-state index contributed by atoms with van der Waals surface area (Å²) in [5, 5.41) is 3.61.